The van der Waals surface area contributed by atoms with Crippen LogP contribution in [0.3, 0.4) is 0 Å². The molecule has 1 N–H and O–H groups in total. The van der Waals surface area contributed by atoms with Gasteiger partial charge in [-0.2, -0.15) is 0 Å². The molecule has 5 atom stereocenters. The van der Waals surface area contributed by atoms with E-state index in [1.807, 2.05) is 7.05 Å². The summed E-state index contributed by atoms with van der Waals surface area (Å²) >= 11 is 5.41. The van der Waals surface area contributed by atoms with Crippen LogP contribution in [0.2, 0.25) is 0 Å². The molecule has 0 unspecified atom stereocenters. The number of ketones is 1. The molecular weight excluding hydrogens is 424 g/mol. The molecular formula is C21H25BrN2O2S. The molecule has 6 heteroatoms. The van der Waals surface area contributed by atoms with Gasteiger partial charge in [-0.3, -0.25) is 4.79 Å². The van der Waals surface area contributed by atoms with E-state index in [1.54, 1.807) is 18.4 Å². The Morgan fingerprint density at radius 1 is 1.41 bits per heavy atom. The van der Waals surface area contributed by atoms with Crippen molar-refractivity contribution in [3.05, 3.63) is 17.2 Å². The average molecular weight is 449 g/mol. The highest BCUT2D eigenvalue weighted by atomic mass is 79.9. The van der Waals surface area contributed by atoms with Crippen molar-refractivity contribution in [2.24, 2.45) is 17.3 Å². The lowest BCUT2D eigenvalue weighted by Gasteiger charge is -2.48. The first kappa shape index (κ1) is 17.9. The number of hydrogen-bond donors (Lipinski definition) is 1. The molecule has 27 heavy (non-hydrogen) atoms. The fourth-order valence-electron chi connectivity index (χ4n) is 6.12. The number of benzene rings is 1. The van der Waals surface area contributed by atoms with Gasteiger partial charge in [0.25, 0.3) is 0 Å². The molecule has 4 nitrogen and oxygen atoms in total. The fourth-order valence-corrected chi connectivity index (χ4v) is 8.11. The van der Waals surface area contributed by atoms with E-state index in [4.69, 9.17) is 9.72 Å². The topological polar surface area (TPSA) is 51.2 Å². The molecule has 0 bridgehead atoms. The minimum absolute atomic E-state index is 0.0443. The van der Waals surface area contributed by atoms with Crippen LogP contribution < -0.4 is 10.1 Å². The molecule has 2 fully saturated rings. The van der Waals surface area contributed by atoms with Gasteiger partial charge in [0, 0.05) is 12.5 Å². The van der Waals surface area contributed by atoms with Crippen molar-refractivity contribution in [3.63, 3.8) is 0 Å². The summed E-state index contributed by atoms with van der Waals surface area (Å²) in [6.07, 6.45) is 5.35. The third-order valence-corrected chi connectivity index (χ3v) is 9.34. The maximum Gasteiger partial charge on any atom is 0.183 e. The van der Waals surface area contributed by atoms with Crippen LogP contribution in [0.1, 0.15) is 49.7 Å². The Bertz CT molecular complexity index is 942. The molecule has 0 amide bonds. The first-order valence-electron chi connectivity index (χ1n) is 9.84. The summed E-state index contributed by atoms with van der Waals surface area (Å²) in [5, 5.41) is 4.14. The van der Waals surface area contributed by atoms with Crippen LogP contribution >= 0.6 is 27.3 Å². The van der Waals surface area contributed by atoms with Gasteiger partial charge in [0.1, 0.15) is 11.3 Å². The van der Waals surface area contributed by atoms with Gasteiger partial charge in [-0.25, -0.2) is 4.98 Å². The quantitative estimate of drug-likeness (QED) is 0.645. The summed E-state index contributed by atoms with van der Waals surface area (Å²) in [6, 6.07) is 2.22. The van der Waals surface area contributed by atoms with Crippen molar-refractivity contribution in [2.45, 2.75) is 49.8 Å². The van der Waals surface area contributed by atoms with Crippen LogP contribution in [0, 0.1) is 17.3 Å². The molecule has 1 heterocycles. The third kappa shape index (κ3) is 2.38. The number of halogens is 1. The van der Waals surface area contributed by atoms with Gasteiger partial charge >= 0.3 is 0 Å². The number of carbonyl (C=O) groups excluding carboxylic acids is 1. The number of alkyl halides is 1. The number of nitrogens with one attached hydrogen (secondary N) is 1. The van der Waals surface area contributed by atoms with E-state index >= 15 is 0 Å². The molecule has 3 aliphatic rings. The molecule has 2 aromatic rings. The second kappa shape index (κ2) is 6.18. The van der Waals surface area contributed by atoms with Crippen LogP contribution in [-0.4, -0.2) is 29.8 Å². The molecule has 5 rings (SSSR count). The zero-order valence-corrected chi connectivity index (χ0v) is 18.4. The molecule has 0 aliphatic heterocycles. The maximum atomic E-state index is 12.8. The van der Waals surface area contributed by atoms with E-state index in [0.717, 1.165) is 42.1 Å². The monoisotopic (exact) mass is 448 g/mol. The number of fused-ring (bicyclic) bond motifs is 7. The van der Waals surface area contributed by atoms with Crippen molar-refractivity contribution in [2.75, 3.05) is 19.5 Å². The number of thiazole rings is 1. The zero-order chi connectivity index (χ0) is 18.9. The summed E-state index contributed by atoms with van der Waals surface area (Å²) in [5.74, 6) is 2.95. The number of hydrogen-bond acceptors (Lipinski definition) is 5. The highest BCUT2D eigenvalue weighted by Crippen LogP contribution is 2.61. The minimum atomic E-state index is -0.137. The number of carbonyl (C=O) groups is 1. The SMILES string of the molecule is CNc1nc2c(OC)cc3c(c2s1)[C@H]1CC[C@]2(C)C(=O)[C@H](Br)C[C@H]2[C@@H]1CC3. The van der Waals surface area contributed by atoms with Crippen LogP contribution in [0.15, 0.2) is 6.07 Å². The zero-order valence-electron chi connectivity index (χ0n) is 16.0. The average Bonchev–Trinajstić information content (AvgIpc) is 3.21. The van der Waals surface area contributed by atoms with Gasteiger partial charge in [0.2, 0.25) is 0 Å². The van der Waals surface area contributed by atoms with E-state index in [2.05, 4.69) is 34.2 Å². The lowest BCUT2D eigenvalue weighted by Crippen LogP contribution is -2.42. The molecule has 144 valence electrons. The lowest BCUT2D eigenvalue weighted by molar-refractivity contribution is -0.128. The Labute approximate surface area is 172 Å². The largest absolute Gasteiger partial charge is 0.494 e. The minimum Gasteiger partial charge on any atom is -0.494 e. The maximum absolute atomic E-state index is 12.8. The smallest absolute Gasteiger partial charge is 0.183 e. The standard InChI is InChI=1S/C21H25BrN2O2S/c1-21-7-6-12-11(13(21)9-14(22)19(21)25)5-4-10-8-15(26-3)17-18(16(10)12)27-20(23-2)24-17/h8,11-14H,4-7,9H2,1-3H3,(H,23,24)/t11-,12+,13+,14-,21+/m1/s1. The van der Waals surface area contributed by atoms with Gasteiger partial charge in [-0.05, 0) is 67.1 Å². The molecule has 1 aromatic carbocycles. The molecule has 0 spiro atoms. The van der Waals surface area contributed by atoms with E-state index in [1.165, 1.54) is 22.2 Å². The van der Waals surface area contributed by atoms with Crippen molar-refractivity contribution in [1.29, 1.82) is 0 Å². The van der Waals surface area contributed by atoms with E-state index in [9.17, 15) is 4.79 Å². The van der Waals surface area contributed by atoms with E-state index in [-0.39, 0.29) is 10.2 Å². The van der Waals surface area contributed by atoms with E-state index < -0.39 is 0 Å². The van der Waals surface area contributed by atoms with Crippen LogP contribution in [0.4, 0.5) is 5.13 Å². The van der Waals surface area contributed by atoms with Crippen molar-refractivity contribution in [3.8, 4) is 5.75 Å². The Kier molecular flexibility index (Phi) is 4.10. The van der Waals surface area contributed by atoms with Gasteiger partial charge < -0.3 is 10.1 Å². The number of Topliss-reactive ketones (excluding diaryl/α,β-unsaturated/α-hetero) is 1. The molecule has 3 aliphatic carbocycles. The summed E-state index contributed by atoms with van der Waals surface area (Å²) in [5.41, 5.74) is 3.77. The summed E-state index contributed by atoms with van der Waals surface area (Å²) < 4.78 is 6.95. The number of aryl methyl sites for hydroxylation is 1. The van der Waals surface area contributed by atoms with Crippen LogP contribution in [0.25, 0.3) is 10.2 Å². The fraction of sp³-hybridized carbons (Fsp3) is 0.619. The van der Waals surface area contributed by atoms with Crippen molar-refractivity contribution >= 4 is 48.4 Å². The number of ether oxygens (including phenoxy) is 1. The molecule has 2 saturated carbocycles. The van der Waals surface area contributed by atoms with Gasteiger partial charge in [0.05, 0.1) is 16.6 Å². The second-order valence-electron chi connectivity index (χ2n) is 8.54. The first-order chi connectivity index (χ1) is 13.0. The number of methoxy groups -OCH3 is 1. The lowest BCUT2D eigenvalue weighted by atomic mass is 9.55. The van der Waals surface area contributed by atoms with Gasteiger partial charge in [0.15, 0.2) is 10.9 Å². The number of rotatable bonds is 2. The normalized spacial score (nSPS) is 34.9. The molecule has 0 saturated heterocycles. The van der Waals surface area contributed by atoms with E-state index in [0.29, 0.717) is 23.5 Å². The van der Waals surface area contributed by atoms with Crippen molar-refractivity contribution in [1.82, 2.24) is 4.98 Å². The number of aromatic nitrogens is 1. The predicted octanol–water partition coefficient (Wildman–Crippen LogP) is 5.15. The van der Waals surface area contributed by atoms with Gasteiger partial charge in [-0.1, -0.05) is 34.2 Å². The first-order valence-corrected chi connectivity index (χ1v) is 11.6. The molecule has 1 aromatic heterocycles. The van der Waals surface area contributed by atoms with Crippen LogP contribution in [-0.2, 0) is 11.2 Å². The van der Waals surface area contributed by atoms with Crippen molar-refractivity contribution < 1.29 is 9.53 Å². The summed E-state index contributed by atoms with van der Waals surface area (Å²) in [6.45, 7) is 2.22. The number of nitrogens with zero attached hydrogens (tertiary/aromatic N) is 1. The number of anilines is 1. The summed E-state index contributed by atoms with van der Waals surface area (Å²) in [4.78, 5) is 17.7. The molecule has 0 radical (unpaired) electrons. The van der Waals surface area contributed by atoms with Crippen LogP contribution in [0.5, 0.6) is 5.75 Å². The Hall–Kier alpha value is -1.14. The Morgan fingerprint density at radius 3 is 2.96 bits per heavy atom. The predicted molar refractivity (Wildman–Crippen MR) is 113 cm³/mol. The Morgan fingerprint density at radius 2 is 2.22 bits per heavy atom. The highest BCUT2D eigenvalue weighted by Gasteiger charge is 2.57. The Balaban J connectivity index is 1.65. The summed E-state index contributed by atoms with van der Waals surface area (Å²) in [7, 11) is 3.66. The second-order valence-corrected chi connectivity index (χ2v) is 10.6. The van der Waals surface area contributed by atoms with Gasteiger partial charge in [-0.15, -0.1) is 0 Å². The third-order valence-electron chi connectivity index (χ3n) is 7.44. The highest BCUT2D eigenvalue weighted by molar-refractivity contribution is 9.10.